The van der Waals surface area contributed by atoms with Gasteiger partial charge in [0.1, 0.15) is 9.84 Å². The van der Waals surface area contributed by atoms with E-state index < -0.39 is 25.1 Å². The first-order valence-corrected chi connectivity index (χ1v) is 11.3. The summed E-state index contributed by atoms with van der Waals surface area (Å²) in [5.74, 6) is 0. The van der Waals surface area contributed by atoms with Crippen LogP contribution in [-0.2, 0) is 19.9 Å². The fourth-order valence-corrected chi connectivity index (χ4v) is 7.27. The average molecular weight is 357 g/mol. The Hall–Kier alpha value is -0.920. The zero-order chi connectivity index (χ0) is 17.0. The first kappa shape index (κ1) is 16.9. The van der Waals surface area contributed by atoms with E-state index in [0.717, 1.165) is 24.0 Å². The summed E-state index contributed by atoms with van der Waals surface area (Å²) in [4.78, 5) is 0.345. The summed E-state index contributed by atoms with van der Waals surface area (Å²) in [6.07, 6.45) is 3.59. The number of sulfone groups is 1. The maximum absolute atomic E-state index is 13.1. The van der Waals surface area contributed by atoms with Crippen molar-refractivity contribution in [3.63, 3.8) is 0 Å². The molecule has 0 aromatic heterocycles. The Balaban J connectivity index is 1.96. The highest BCUT2D eigenvalue weighted by Gasteiger charge is 2.49. The molecule has 0 N–H and O–H groups in total. The molecule has 2 heterocycles. The van der Waals surface area contributed by atoms with E-state index in [4.69, 9.17) is 0 Å². The van der Waals surface area contributed by atoms with Crippen molar-refractivity contribution in [1.29, 1.82) is 0 Å². The summed E-state index contributed by atoms with van der Waals surface area (Å²) in [6.45, 7) is 3.75. The van der Waals surface area contributed by atoms with E-state index in [9.17, 15) is 16.8 Å². The van der Waals surface area contributed by atoms with Crippen molar-refractivity contribution in [2.75, 3.05) is 6.26 Å². The van der Waals surface area contributed by atoms with Crippen molar-refractivity contribution in [3.05, 3.63) is 29.3 Å². The Labute approximate surface area is 138 Å². The predicted octanol–water partition coefficient (Wildman–Crippen LogP) is 2.03. The van der Waals surface area contributed by atoms with Gasteiger partial charge in [-0.3, -0.25) is 0 Å². The molecule has 2 aliphatic rings. The topological polar surface area (TPSA) is 71.5 Å². The Kier molecular flexibility index (Phi) is 4.09. The van der Waals surface area contributed by atoms with Crippen molar-refractivity contribution in [2.45, 2.75) is 61.8 Å². The van der Waals surface area contributed by atoms with Crippen molar-refractivity contribution >= 4 is 19.9 Å². The zero-order valence-corrected chi connectivity index (χ0v) is 15.3. The molecule has 2 aliphatic heterocycles. The summed E-state index contributed by atoms with van der Waals surface area (Å²) >= 11 is 0. The molecule has 3 rings (SSSR count). The summed E-state index contributed by atoms with van der Waals surface area (Å²) in [6, 6.07) is 4.96. The van der Waals surface area contributed by atoms with E-state index in [-0.39, 0.29) is 12.1 Å². The molecule has 0 radical (unpaired) electrons. The lowest BCUT2D eigenvalue weighted by Crippen LogP contribution is -2.49. The third kappa shape index (κ3) is 2.94. The molecule has 1 aromatic carbocycles. The van der Waals surface area contributed by atoms with Gasteiger partial charge in [0.25, 0.3) is 0 Å². The number of aryl methyl sites for hydroxylation is 2. The second-order valence-electron chi connectivity index (χ2n) is 6.91. The summed E-state index contributed by atoms with van der Waals surface area (Å²) in [5.41, 5.74) is 1.77. The summed E-state index contributed by atoms with van der Waals surface area (Å²) in [5, 5.41) is -0.412. The van der Waals surface area contributed by atoms with E-state index in [1.165, 1.54) is 6.26 Å². The van der Waals surface area contributed by atoms with Crippen molar-refractivity contribution < 1.29 is 16.8 Å². The van der Waals surface area contributed by atoms with Gasteiger partial charge in [-0.25, -0.2) is 16.8 Å². The molecule has 0 aliphatic carbocycles. The van der Waals surface area contributed by atoms with Crippen LogP contribution in [-0.4, -0.2) is 44.7 Å². The number of hydrogen-bond acceptors (Lipinski definition) is 4. The van der Waals surface area contributed by atoms with Crippen LogP contribution < -0.4 is 0 Å². The smallest absolute Gasteiger partial charge is 0.229 e. The van der Waals surface area contributed by atoms with Gasteiger partial charge in [-0.05, 0) is 51.2 Å². The van der Waals surface area contributed by atoms with Crippen LogP contribution in [0, 0.1) is 13.8 Å². The van der Waals surface area contributed by atoms with Gasteiger partial charge in [0.2, 0.25) is 10.0 Å². The minimum absolute atomic E-state index is 0.195. The van der Waals surface area contributed by atoms with E-state index in [2.05, 4.69) is 0 Å². The molecule has 2 saturated heterocycles. The largest absolute Gasteiger partial charge is 0.243 e. The van der Waals surface area contributed by atoms with Crippen LogP contribution in [0.3, 0.4) is 0 Å². The molecule has 0 saturated carbocycles. The molecular formula is C16H23NO4S2. The fourth-order valence-electron chi connectivity index (χ4n) is 4.03. The lowest BCUT2D eigenvalue weighted by molar-refractivity contribution is 0.249. The van der Waals surface area contributed by atoms with Gasteiger partial charge in [0.05, 0.1) is 10.1 Å². The molecule has 1 aromatic rings. The van der Waals surface area contributed by atoms with Gasteiger partial charge >= 0.3 is 0 Å². The van der Waals surface area contributed by atoms with Crippen LogP contribution in [0.4, 0.5) is 0 Å². The van der Waals surface area contributed by atoms with Crippen molar-refractivity contribution in [1.82, 2.24) is 4.31 Å². The number of piperidine rings is 1. The molecule has 128 valence electrons. The minimum Gasteiger partial charge on any atom is -0.229 e. The Morgan fingerprint density at radius 2 is 1.57 bits per heavy atom. The molecule has 2 bridgehead atoms. The van der Waals surface area contributed by atoms with Gasteiger partial charge in [-0.1, -0.05) is 17.7 Å². The highest BCUT2D eigenvalue weighted by Crippen LogP contribution is 2.42. The monoisotopic (exact) mass is 357 g/mol. The first-order chi connectivity index (χ1) is 10.6. The molecular weight excluding hydrogens is 334 g/mol. The van der Waals surface area contributed by atoms with E-state index in [0.29, 0.717) is 17.7 Å². The number of benzene rings is 1. The second-order valence-corrected chi connectivity index (χ2v) is 11.0. The number of nitrogens with zero attached hydrogens (tertiary/aromatic N) is 1. The van der Waals surface area contributed by atoms with Gasteiger partial charge in [-0.15, -0.1) is 0 Å². The Morgan fingerprint density at radius 3 is 2.04 bits per heavy atom. The van der Waals surface area contributed by atoms with Crippen LogP contribution in [0.2, 0.25) is 0 Å². The van der Waals surface area contributed by atoms with Crippen LogP contribution in [0.15, 0.2) is 23.1 Å². The Bertz CT molecular complexity index is 816. The highest BCUT2D eigenvalue weighted by atomic mass is 32.2. The number of hydrogen-bond donors (Lipinski definition) is 0. The highest BCUT2D eigenvalue weighted by molar-refractivity contribution is 7.91. The average Bonchev–Trinajstić information content (AvgIpc) is 2.69. The lowest BCUT2D eigenvalue weighted by atomic mass is 10.1. The van der Waals surface area contributed by atoms with Crippen LogP contribution in [0.1, 0.15) is 36.8 Å². The quantitative estimate of drug-likeness (QED) is 0.830. The van der Waals surface area contributed by atoms with Gasteiger partial charge in [-0.2, -0.15) is 4.31 Å². The van der Waals surface area contributed by atoms with Crippen LogP contribution in [0.5, 0.6) is 0 Å². The molecule has 0 amide bonds. The maximum Gasteiger partial charge on any atom is 0.243 e. The van der Waals surface area contributed by atoms with E-state index in [1.807, 2.05) is 26.0 Å². The first-order valence-electron chi connectivity index (χ1n) is 7.90. The standard InChI is InChI=1S/C16H23NO4S2/c1-11-4-7-16(12(2)8-11)23(20,21)17-13-5-6-14(17)10-15(9-13)22(3,18)19/h4,7-8,13-15H,5-6,9-10H2,1-3H3. The third-order valence-electron chi connectivity index (χ3n) is 5.11. The maximum atomic E-state index is 13.1. The Morgan fingerprint density at radius 1 is 1.00 bits per heavy atom. The molecule has 2 atom stereocenters. The number of fused-ring (bicyclic) bond motifs is 2. The normalized spacial score (nSPS) is 28.9. The van der Waals surface area contributed by atoms with Gasteiger partial charge in [0.15, 0.2) is 0 Å². The number of rotatable bonds is 3. The van der Waals surface area contributed by atoms with Crippen molar-refractivity contribution in [2.24, 2.45) is 0 Å². The molecule has 7 heteroatoms. The molecule has 5 nitrogen and oxygen atoms in total. The predicted molar refractivity (Wildman–Crippen MR) is 89.6 cm³/mol. The van der Waals surface area contributed by atoms with Crippen molar-refractivity contribution in [3.8, 4) is 0 Å². The fraction of sp³-hybridized carbons (Fsp3) is 0.625. The molecule has 0 spiro atoms. The van der Waals surface area contributed by atoms with Gasteiger partial charge in [0, 0.05) is 18.3 Å². The minimum atomic E-state index is -3.58. The third-order valence-corrected chi connectivity index (χ3v) is 8.88. The molecule has 2 fully saturated rings. The molecule has 2 unspecified atom stereocenters. The lowest BCUT2D eigenvalue weighted by Gasteiger charge is -2.37. The van der Waals surface area contributed by atoms with Gasteiger partial charge < -0.3 is 0 Å². The van der Waals surface area contributed by atoms with Crippen LogP contribution in [0.25, 0.3) is 0 Å². The number of sulfonamides is 1. The summed E-state index contributed by atoms with van der Waals surface area (Å²) < 4.78 is 51.5. The second kappa shape index (κ2) is 5.57. The van der Waals surface area contributed by atoms with E-state index in [1.54, 1.807) is 10.4 Å². The summed E-state index contributed by atoms with van der Waals surface area (Å²) in [7, 11) is -6.70. The molecule has 23 heavy (non-hydrogen) atoms. The van der Waals surface area contributed by atoms with E-state index >= 15 is 0 Å². The zero-order valence-electron chi connectivity index (χ0n) is 13.7. The SMILES string of the molecule is Cc1ccc(S(=O)(=O)N2C3CCC2CC(S(C)(=O)=O)C3)c(C)c1. The van der Waals surface area contributed by atoms with Crippen LogP contribution >= 0.6 is 0 Å².